The summed E-state index contributed by atoms with van der Waals surface area (Å²) in [6, 6.07) is 7.78. The molecule has 8 nitrogen and oxygen atoms in total. The molecule has 2 N–H and O–H groups in total. The van der Waals surface area contributed by atoms with Crippen molar-refractivity contribution in [3.05, 3.63) is 47.4 Å². The van der Waals surface area contributed by atoms with Crippen LogP contribution in [0.25, 0.3) is 11.0 Å². The van der Waals surface area contributed by atoms with E-state index in [-0.39, 0.29) is 30.2 Å². The van der Waals surface area contributed by atoms with E-state index in [1.165, 1.54) is 0 Å². The first-order chi connectivity index (χ1) is 13.0. The third-order valence-corrected chi connectivity index (χ3v) is 4.12. The maximum atomic E-state index is 12.3. The fourth-order valence-electron chi connectivity index (χ4n) is 2.87. The Kier molecular flexibility index (Phi) is 5.44. The number of fused-ring (bicyclic) bond motifs is 1. The predicted molar refractivity (Wildman–Crippen MR) is 95.9 cm³/mol. The highest BCUT2D eigenvalue weighted by molar-refractivity contribution is 5.95. The summed E-state index contributed by atoms with van der Waals surface area (Å²) in [5, 5.41) is 5.95. The number of amides is 2. The van der Waals surface area contributed by atoms with Crippen LogP contribution in [0.2, 0.25) is 0 Å². The van der Waals surface area contributed by atoms with Gasteiger partial charge < -0.3 is 24.5 Å². The number of esters is 2. The highest BCUT2D eigenvalue weighted by Gasteiger charge is 2.32. The van der Waals surface area contributed by atoms with E-state index >= 15 is 0 Å². The van der Waals surface area contributed by atoms with Crippen molar-refractivity contribution >= 4 is 28.9 Å². The zero-order chi connectivity index (χ0) is 19.4. The summed E-state index contributed by atoms with van der Waals surface area (Å²) in [6.45, 7) is 3.43. The smallest absolute Gasteiger partial charge is 0.374 e. The Morgan fingerprint density at radius 1 is 1.15 bits per heavy atom. The largest absolute Gasteiger partial charge is 0.463 e. The van der Waals surface area contributed by atoms with Crippen LogP contribution >= 0.6 is 0 Å². The number of furan rings is 1. The van der Waals surface area contributed by atoms with Crippen LogP contribution in [0.5, 0.6) is 0 Å². The molecular weight excluding hydrogens is 352 g/mol. The molecule has 0 bridgehead atoms. The summed E-state index contributed by atoms with van der Waals surface area (Å²) in [6.07, 6.45) is 0.489. The molecule has 0 saturated heterocycles. The predicted octanol–water partition coefficient (Wildman–Crippen LogP) is 2.50. The van der Waals surface area contributed by atoms with E-state index in [9.17, 15) is 14.4 Å². The van der Waals surface area contributed by atoms with Gasteiger partial charge in [0.2, 0.25) is 5.76 Å². The van der Waals surface area contributed by atoms with Crippen LogP contribution in [0.3, 0.4) is 0 Å². The van der Waals surface area contributed by atoms with Gasteiger partial charge in [-0.3, -0.25) is 0 Å². The highest BCUT2D eigenvalue weighted by Crippen LogP contribution is 2.21. The molecule has 0 unspecified atom stereocenters. The molecule has 2 aromatic rings. The van der Waals surface area contributed by atoms with Gasteiger partial charge in [0.05, 0.1) is 23.9 Å². The molecule has 0 radical (unpaired) electrons. The van der Waals surface area contributed by atoms with E-state index in [1.807, 2.05) is 19.1 Å². The van der Waals surface area contributed by atoms with Gasteiger partial charge in [0, 0.05) is 5.39 Å². The number of hydrogen-bond acceptors (Lipinski definition) is 6. The molecule has 0 saturated carbocycles. The van der Waals surface area contributed by atoms with E-state index in [0.29, 0.717) is 12.0 Å². The molecule has 1 aromatic carbocycles. The van der Waals surface area contributed by atoms with Gasteiger partial charge in [-0.1, -0.05) is 25.1 Å². The molecule has 1 atom stereocenters. The summed E-state index contributed by atoms with van der Waals surface area (Å²) >= 11 is 0. The van der Waals surface area contributed by atoms with E-state index in [0.717, 1.165) is 5.39 Å². The van der Waals surface area contributed by atoms with Crippen LogP contribution in [-0.2, 0) is 14.3 Å². The number of urea groups is 1. The molecular formula is C19H20N2O6. The number of para-hydroxylation sites is 1. The van der Waals surface area contributed by atoms with Gasteiger partial charge in [0.15, 0.2) is 0 Å². The Morgan fingerprint density at radius 3 is 2.63 bits per heavy atom. The molecule has 3 rings (SSSR count). The van der Waals surface area contributed by atoms with Gasteiger partial charge in [0.25, 0.3) is 0 Å². The van der Waals surface area contributed by atoms with Crippen LogP contribution in [0.15, 0.2) is 46.0 Å². The zero-order valence-electron chi connectivity index (χ0n) is 15.0. The summed E-state index contributed by atoms with van der Waals surface area (Å²) < 4.78 is 15.8. The first-order valence-electron chi connectivity index (χ1n) is 8.66. The van der Waals surface area contributed by atoms with Crippen molar-refractivity contribution in [3.8, 4) is 0 Å². The Labute approximate surface area is 155 Å². The Hall–Kier alpha value is -3.29. The van der Waals surface area contributed by atoms with Crippen molar-refractivity contribution < 1.29 is 28.3 Å². The van der Waals surface area contributed by atoms with Crippen molar-refractivity contribution in [3.63, 3.8) is 0 Å². The molecule has 1 aliphatic heterocycles. The maximum absolute atomic E-state index is 12.3. The van der Waals surface area contributed by atoms with Crippen LogP contribution in [0.1, 0.15) is 30.8 Å². The second kappa shape index (κ2) is 7.94. The number of carbonyl (C=O) groups is 3. The van der Waals surface area contributed by atoms with Crippen molar-refractivity contribution in [2.45, 2.75) is 26.3 Å². The molecule has 0 fully saturated rings. The molecule has 2 heterocycles. The normalized spacial score (nSPS) is 16.7. The number of ether oxygens (including phenoxy) is 2. The first-order valence-corrected chi connectivity index (χ1v) is 8.66. The minimum Gasteiger partial charge on any atom is -0.463 e. The van der Waals surface area contributed by atoms with E-state index in [4.69, 9.17) is 13.9 Å². The number of nitrogens with one attached hydrogen (secondary N) is 2. The molecule has 1 aromatic heterocycles. The lowest BCUT2D eigenvalue weighted by atomic mass is 10.0. The molecule has 27 heavy (non-hydrogen) atoms. The molecule has 2 amide bonds. The standard InChI is InChI=1S/C19H20N2O6/c1-3-12-16(18(23)25-4-2)13(21-19(24)20-12)10-26-17(22)15-9-11-7-5-6-8-14(11)27-15/h5-9,12H,3-4,10H2,1-2H3,(H2,20,21,24)/t12-/m1/s1. The van der Waals surface area contributed by atoms with Gasteiger partial charge in [0.1, 0.15) is 12.2 Å². The topological polar surface area (TPSA) is 107 Å². The summed E-state index contributed by atoms with van der Waals surface area (Å²) in [7, 11) is 0. The fourth-order valence-corrected chi connectivity index (χ4v) is 2.87. The van der Waals surface area contributed by atoms with Crippen LogP contribution in [-0.4, -0.2) is 37.2 Å². The number of rotatable bonds is 6. The van der Waals surface area contributed by atoms with Crippen molar-refractivity contribution in [2.75, 3.05) is 13.2 Å². The summed E-state index contributed by atoms with van der Waals surface area (Å²) in [5.74, 6) is -1.21. The second-order valence-corrected chi connectivity index (χ2v) is 5.90. The Balaban J connectivity index is 1.80. The first kappa shape index (κ1) is 18.5. The molecule has 8 heteroatoms. The molecule has 0 aliphatic carbocycles. The fraction of sp³-hybridized carbons (Fsp3) is 0.316. The van der Waals surface area contributed by atoms with Crippen LogP contribution in [0, 0.1) is 0 Å². The third-order valence-electron chi connectivity index (χ3n) is 4.12. The maximum Gasteiger partial charge on any atom is 0.374 e. The van der Waals surface area contributed by atoms with Gasteiger partial charge in [-0.05, 0) is 25.5 Å². The summed E-state index contributed by atoms with van der Waals surface area (Å²) in [5.41, 5.74) is 1.02. The highest BCUT2D eigenvalue weighted by atomic mass is 16.5. The monoisotopic (exact) mass is 372 g/mol. The molecule has 0 spiro atoms. The minimum absolute atomic E-state index is 0.0433. The lowest BCUT2D eigenvalue weighted by Crippen LogP contribution is -2.51. The van der Waals surface area contributed by atoms with Crippen LogP contribution in [0.4, 0.5) is 4.79 Å². The lowest BCUT2D eigenvalue weighted by Gasteiger charge is -2.28. The van der Waals surface area contributed by atoms with Crippen molar-refractivity contribution in [1.29, 1.82) is 0 Å². The number of benzene rings is 1. The van der Waals surface area contributed by atoms with Gasteiger partial charge >= 0.3 is 18.0 Å². The number of carbonyl (C=O) groups excluding carboxylic acids is 3. The quantitative estimate of drug-likeness (QED) is 0.755. The SMILES string of the molecule is CCOC(=O)C1=C(COC(=O)c2cc3ccccc3o2)NC(=O)N[C@@H]1CC. The second-order valence-electron chi connectivity index (χ2n) is 5.90. The van der Waals surface area contributed by atoms with E-state index < -0.39 is 24.0 Å². The van der Waals surface area contributed by atoms with E-state index in [2.05, 4.69) is 10.6 Å². The van der Waals surface area contributed by atoms with Crippen molar-refractivity contribution in [1.82, 2.24) is 10.6 Å². The van der Waals surface area contributed by atoms with E-state index in [1.54, 1.807) is 25.1 Å². The van der Waals surface area contributed by atoms with Crippen molar-refractivity contribution in [2.24, 2.45) is 0 Å². The molecule has 142 valence electrons. The van der Waals surface area contributed by atoms with Gasteiger partial charge in [-0.2, -0.15) is 0 Å². The minimum atomic E-state index is -0.692. The zero-order valence-corrected chi connectivity index (χ0v) is 15.0. The Morgan fingerprint density at radius 2 is 1.93 bits per heavy atom. The van der Waals surface area contributed by atoms with Crippen LogP contribution < -0.4 is 10.6 Å². The van der Waals surface area contributed by atoms with Gasteiger partial charge in [-0.15, -0.1) is 0 Å². The lowest BCUT2D eigenvalue weighted by molar-refractivity contribution is -0.139. The molecule has 1 aliphatic rings. The van der Waals surface area contributed by atoms with Gasteiger partial charge in [-0.25, -0.2) is 14.4 Å². The average Bonchev–Trinajstić information content (AvgIpc) is 3.10. The Bertz CT molecular complexity index is 881. The third kappa shape index (κ3) is 3.94. The average molecular weight is 372 g/mol. The summed E-state index contributed by atoms with van der Waals surface area (Å²) in [4.78, 5) is 36.4. The number of hydrogen-bond donors (Lipinski definition) is 2.